The van der Waals surface area contributed by atoms with E-state index in [1.165, 1.54) is 50.0 Å². The summed E-state index contributed by atoms with van der Waals surface area (Å²) < 4.78 is 0. The fraction of sp³-hybridized carbons (Fsp3) is 0.647. The van der Waals surface area contributed by atoms with Crippen LogP contribution in [0.15, 0.2) is 18.2 Å². The third kappa shape index (κ3) is 2.84. The molecule has 2 unspecified atom stereocenters. The average Bonchev–Trinajstić information content (AvgIpc) is 2.83. The quantitative estimate of drug-likeness (QED) is 0.918. The van der Waals surface area contributed by atoms with E-state index in [-0.39, 0.29) is 0 Å². The highest BCUT2D eigenvalue weighted by atomic mass is 16.3. The van der Waals surface area contributed by atoms with Gasteiger partial charge >= 0.3 is 0 Å². The molecule has 0 saturated carbocycles. The minimum absolute atomic E-state index is 0.407. The van der Waals surface area contributed by atoms with Gasteiger partial charge in [0, 0.05) is 19.1 Å². The van der Waals surface area contributed by atoms with Crippen molar-refractivity contribution in [1.29, 1.82) is 0 Å². The summed E-state index contributed by atoms with van der Waals surface area (Å²) >= 11 is 0. The Bertz CT molecular complexity index is 474. The predicted molar refractivity (Wildman–Crippen MR) is 82.0 cm³/mol. The molecule has 3 nitrogen and oxygen atoms in total. The minimum Gasteiger partial charge on any atom is -0.508 e. The molecule has 1 aromatic rings. The molecule has 0 bridgehead atoms. The van der Waals surface area contributed by atoms with Crippen molar-refractivity contribution < 1.29 is 5.11 Å². The summed E-state index contributed by atoms with van der Waals surface area (Å²) in [6.07, 6.45) is 4.96. The molecule has 0 aromatic heterocycles. The van der Waals surface area contributed by atoms with Crippen molar-refractivity contribution in [3.63, 3.8) is 0 Å². The first-order chi connectivity index (χ1) is 9.63. The zero-order valence-electron chi connectivity index (χ0n) is 12.7. The second-order valence-corrected chi connectivity index (χ2v) is 6.65. The normalized spacial score (nSPS) is 26.9. The van der Waals surface area contributed by atoms with Gasteiger partial charge in [0.15, 0.2) is 0 Å². The number of phenolic OH excluding ortho intramolecular Hbond substituents is 1. The highest BCUT2D eigenvalue weighted by molar-refractivity contribution is 5.38. The van der Waals surface area contributed by atoms with E-state index in [9.17, 15) is 5.11 Å². The summed E-state index contributed by atoms with van der Waals surface area (Å²) in [6, 6.07) is 6.40. The summed E-state index contributed by atoms with van der Waals surface area (Å²) in [5.41, 5.74) is 2.78. The Morgan fingerprint density at radius 3 is 2.95 bits per heavy atom. The van der Waals surface area contributed by atoms with Crippen LogP contribution >= 0.6 is 0 Å². The van der Waals surface area contributed by atoms with E-state index in [2.05, 4.69) is 30.0 Å². The van der Waals surface area contributed by atoms with E-state index in [1.807, 2.05) is 12.1 Å². The fourth-order valence-electron chi connectivity index (χ4n) is 3.93. The molecule has 110 valence electrons. The highest BCUT2D eigenvalue weighted by Gasteiger charge is 2.27. The number of phenols is 1. The Hall–Kier alpha value is -1.06. The van der Waals surface area contributed by atoms with Crippen LogP contribution in [0.4, 0.5) is 0 Å². The number of aryl methyl sites for hydroxylation is 1. The second-order valence-electron chi connectivity index (χ2n) is 6.65. The third-order valence-electron chi connectivity index (χ3n) is 4.98. The van der Waals surface area contributed by atoms with Crippen molar-refractivity contribution in [3.05, 3.63) is 29.3 Å². The maximum atomic E-state index is 9.78. The lowest BCUT2D eigenvalue weighted by Gasteiger charge is -2.34. The number of likely N-dealkylation sites (tertiary alicyclic amines) is 1. The lowest BCUT2D eigenvalue weighted by atomic mass is 9.86. The molecule has 1 saturated heterocycles. The first kappa shape index (κ1) is 13.9. The molecule has 0 radical (unpaired) electrons. The fourth-order valence-corrected chi connectivity index (χ4v) is 3.93. The molecular weight excluding hydrogens is 248 g/mol. The van der Waals surface area contributed by atoms with E-state index < -0.39 is 0 Å². The van der Waals surface area contributed by atoms with Crippen LogP contribution in [-0.2, 0) is 6.42 Å². The number of hydrogen-bond donors (Lipinski definition) is 1. The lowest BCUT2D eigenvalue weighted by molar-refractivity contribution is 0.189. The van der Waals surface area contributed by atoms with Crippen LogP contribution < -0.4 is 0 Å². The number of aromatic hydroxyl groups is 1. The summed E-state index contributed by atoms with van der Waals surface area (Å²) in [4.78, 5) is 4.94. The molecule has 1 aromatic carbocycles. The topological polar surface area (TPSA) is 26.7 Å². The predicted octanol–water partition coefficient (Wildman–Crippen LogP) is 2.65. The van der Waals surface area contributed by atoms with Gasteiger partial charge in [0.05, 0.1) is 0 Å². The highest BCUT2D eigenvalue weighted by Crippen LogP contribution is 2.36. The van der Waals surface area contributed by atoms with Gasteiger partial charge in [-0.3, -0.25) is 4.90 Å². The maximum absolute atomic E-state index is 9.78. The van der Waals surface area contributed by atoms with Gasteiger partial charge in [0.1, 0.15) is 5.75 Å². The van der Waals surface area contributed by atoms with Crippen molar-refractivity contribution in [3.8, 4) is 5.75 Å². The number of fused-ring (bicyclic) bond motifs is 1. The van der Waals surface area contributed by atoms with Gasteiger partial charge in [-0.25, -0.2) is 0 Å². The van der Waals surface area contributed by atoms with Gasteiger partial charge in [-0.2, -0.15) is 0 Å². The molecule has 1 fully saturated rings. The van der Waals surface area contributed by atoms with Gasteiger partial charge in [-0.15, -0.1) is 0 Å². The Morgan fingerprint density at radius 1 is 1.35 bits per heavy atom. The summed E-state index contributed by atoms with van der Waals surface area (Å²) in [7, 11) is 4.47. The molecule has 2 aliphatic rings. The lowest BCUT2D eigenvalue weighted by Crippen LogP contribution is -2.33. The molecule has 1 aliphatic carbocycles. The molecular formula is C17H26N2O. The van der Waals surface area contributed by atoms with Gasteiger partial charge in [0.2, 0.25) is 0 Å². The van der Waals surface area contributed by atoms with E-state index in [0.29, 0.717) is 11.8 Å². The largest absolute Gasteiger partial charge is 0.508 e. The number of benzene rings is 1. The Kier molecular flexibility index (Phi) is 3.99. The van der Waals surface area contributed by atoms with E-state index in [4.69, 9.17) is 0 Å². The molecule has 3 rings (SSSR count). The van der Waals surface area contributed by atoms with Crippen molar-refractivity contribution >= 4 is 0 Å². The van der Waals surface area contributed by atoms with Gasteiger partial charge in [-0.05, 0) is 75.5 Å². The molecule has 1 N–H and O–H groups in total. The van der Waals surface area contributed by atoms with E-state index in [0.717, 1.165) is 12.3 Å². The standard InChI is InChI=1S/C17H26N2O/c1-18-9-8-13(11-18)12-19(2)17-5-3-4-14-6-7-15(20)10-16(14)17/h6-7,10,13,17,20H,3-5,8-9,11-12H2,1-2H3. The van der Waals surface area contributed by atoms with Crippen LogP contribution in [0.1, 0.15) is 36.4 Å². The zero-order valence-corrected chi connectivity index (χ0v) is 12.7. The van der Waals surface area contributed by atoms with Gasteiger partial charge in [0.25, 0.3) is 0 Å². The summed E-state index contributed by atoms with van der Waals surface area (Å²) in [6.45, 7) is 3.63. The molecule has 1 aliphatic heterocycles. The van der Waals surface area contributed by atoms with Crippen LogP contribution in [0.3, 0.4) is 0 Å². The summed E-state index contributed by atoms with van der Waals surface area (Å²) in [5.74, 6) is 1.21. The van der Waals surface area contributed by atoms with Crippen LogP contribution in [0.25, 0.3) is 0 Å². The van der Waals surface area contributed by atoms with Crippen molar-refractivity contribution in [2.45, 2.75) is 31.7 Å². The molecule has 0 amide bonds. The van der Waals surface area contributed by atoms with Crippen molar-refractivity contribution in [2.75, 3.05) is 33.7 Å². The number of rotatable bonds is 3. The molecule has 20 heavy (non-hydrogen) atoms. The summed E-state index contributed by atoms with van der Waals surface area (Å²) in [5, 5.41) is 9.78. The van der Waals surface area contributed by atoms with Crippen LogP contribution in [0.5, 0.6) is 5.75 Å². The van der Waals surface area contributed by atoms with Crippen molar-refractivity contribution in [2.24, 2.45) is 5.92 Å². The SMILES string of the molecule is CN1CCC(CN(C)C2CCCc3ccc(O)cc32)C1. The second kappa shape index (κ2) is 5.74. The molecule has 0 spiro atoms. The van der Waals surface area contributed by atoms with Gasteiger partial charge in [-0.1, -0.05) is 6.07 Å². The molecule has 3 heteroatoms. The maximum Gasteiger partial charge on any atom is 0.115 e. The van der Waals surface area contributed by atoms with E-state index >= 15 is 0 Å². The third-order valence-corrected chi connectivity index (χ3v) is 4.98. The molecule has 2 atom stereocenters. The average molecular weight is 274 g/mol. The molecule has 1 heterocycles. The Morgan fingerprint density at radius 2 is 2.20 bits per heavy atom. The van der Waals surface area contributed by atoms with Crippen LogP contribution in [-0.4, -0.2) is 48.6 Å². The first-order valence-corrected chi connectivity index (χ1v) is 7.84. The van der Waals surface area contributed by atoms with E-state index in [1.54, 1.807) is 0 Å². The number of hydrogen-bond acceptors (Lipinski definition) is 3. The monoisotopic (exact) mass is 274 g/mol. The van der Waals surface area contributed by atoms with Gasteiger partial charge < -0.3 is 10.0 Å². The van der Waals surface area contributed by atoms with Crippen LogP contribution in [0, 0.1) is 5.92 Å². The Labute approximate surface area is 122 Å². The van der Waals surface area contributed by atoms with Crippen LogP contribution in [0.2, 0.25) is 0 Å². The first-order valence-electron chi connectivity index (χ1n) is 7.84. The smallest absolute Gasteiger partial charge is 0.115 e. The van der Waals surface area contributed by atoms with Crippen molar-refractivity contribution in [1.82, 2.24) is 9.80 Å². The zero-order chi connectivity index (χ0) is 14.1. The minimum atomic E-state index is 0.407. The Balaban J connectivity index is 1.73. The number of nitrogens with zero attached hydrogens (tertiary/aromatic N) is 2.